The van der Waals surface area contributed by atoms with Crippen molar-refractivity contribution in [3.63, 3.8) is 0 Å². The van der Waals surface area contributed by atoms with Gasteiger partial charge in [-0.05, 0) is 42.8 Å². The summed E-state index contributed by atoms with van der Waals surface area (Å²) in [5, 5.41) is 12.5. The van der Waals surface area contributed by atoms with Gasteiger partial charge in [0.25, 0.3) is 0 Å². The SMILES string of the molecule is C[C@@H]1N=C(c2ccnc(C#N)c2)NC1(c1ccc(F)cc1)c1ccc(F)nc1. The summed E-state index contributed by atoms with van der Waals surface area (Å²) in [4.78, 5) is 12.5. The maximum Gasteiger partial charge on any atom is 0.212 e. The predicted octanol–water partition coefficient (Wildman–Crippen LogP) is 3.31. The first kappa shape index (κ1) is 17.7. The Morgan fingerprint density at radius 1 is 1.04 bits per heavy atom. The van der Waals surface area contributed by atoms with Crippen LogP contribution in [0.5, 0.6) is 0 Å². The minimum absolute atomic E-state index is 0.275. The maximum absolute atomic E-state index is 13.5. The molecule has 4 rings (SSSR count). The molecule has 0 saturated carbocycles. The van der Waals surface area contributed by atoms with Gasteiger partial charge in [0, 0.05) is 23.5 Å². The van der Waals surface area contributed by atoms with Gasteiger partial charge in [0.15, 0.2) is 0 Å². The number of aromatic nitrogens is 2. The van der Waals surface area contributed by atoms with Gasteiger partial charge in [-0.3, -0.25) is 4.99 Å². The third-order valence-corrected chi connectivity index (χ3v) is 4.90. The first-order valence-corrected chi connectivity index (χ1v) is 8.63. The Morgan fingerprint density at radius 3 is 2.46 bits per heavy atom. The molecule has 28 heavy (non-hydrogen) atoms. The Balaban J connectivity index is 1.84. The number of halogens is 2. The number of nitrogens with one attached hydrogen (secondary N) is 1. The van der Waals surface area contributed by atoms with Gasteiger partial charge in [-0.2, -0.15) is 9.65 Å². The predicted molar refractivity (Wildman–Crippen MR) is 99.5 cm³/mol. The second kappa shape index (κ2) is 6.82. The molecule has 138 valence electrons. The van der Waals surface area contributed by atoms with Gasteiger partial charge < -0.3 is 5.32 Å². The summed E-state index contributed by atoms with van der Waals surface area (Å²) in [6, 6.07) is 14.1. The normalized spacial score (nSPS) is 20.9. The summed E-state index contributed by atoms with van der Waals surface area (Å²) < 4.78 is 27.0. The smallest absolute Gasteiger partial charge is 0.212 e. The van der Waals surface area contributed by atoms with E-state index in [1.165, 1.54) is 24.4 Å². The van der Waals surface area contributed by atoms with Gasteiger partial charge in [0.2, 0.25) is 5.95 Å². The Kier molecular flexibility index (Phi) is 4.32. The fourth-order valence-corrected chi connectivity index (χ4v) is 3.51. The number of nitrogens with zero attached hydrogens (tertiary/aromatic N) is 4. The molecule has 7 heteroatoms. The van der Waals surface area contributed by atoms with Crippen LogP contribution < -0.4 is 5.32 Å². The van der Waals surface area contributed by atoms with Crippen LogP contribution in [0.4, 0.5) is 8.78 Å². The first-order valence-electron chi connectivity index (χ1n) is 8.63. The molecule has 0 spiro atoms. The number of pyridine rings is 2. The molecule has 0 saturated heterocycles. The van der Waals surface area contributed by atoms with Crippen molar-refractivity contribution in [3.05, 3.63) is 95.1 Å². The monoisotopic (exact) mass is 375 g/mol. The van der Waals surface area contributed by atoms with Gasteiger partial charge >= 0.3 is 0 Å². The zero-order chi connectivity index (χ0) is 19.7. The van der Waals surface area contributed by atoms with Crippen molar-refractivity contribution in [1.82, 2.24) is 15.3 Å². The molecule has 0 aliphatic carbocycles. The standard InChI is InChI=1S/C21H15F2N5/c1-13-21(15-2-5-17(22)6-3-15,16-4-7-19(23)26-12-16)28-20(27-13)14-8-9-25-18(10-14)11-24/h2-10,12-13H,1H3,(H,27,28)/t13-,21?/m0/s1. The second-order valence-electron chi connectivity index (χ2n) is 6.50. The summed E-state index contributed by atoms with van der Waals surface area (Å²) in [6.07, 6.45) is 2.99. The first-order chi connectivity index (χ1) is 13.5. The fourth-order valence-electron chi connectivity index (χ4n) is 3.51. The highest BCUT2D eigenvalue weighted by atomic mass is 19.1. The van der Waals surface area contributed by atoms with E-state index in [2.05, 4.69) is 15.3 Å². The summed E-state index contributed by atoms with van der Waals surface area (Å²) in [5.74, 6) is -0.367. The van der Waals surface area contributed by atoms with Crippen LogP contribution in [0, 0.1) is 23.1 Å². The molecule has 0 radical (unpaired) electrons. The van der Waals surface area contributed by atoms with Crippen LogP contribution in [0.2, 0.25) is 0 Å². The number of rotatable bonds is 3. The lowest BCUT2D eigenvalue weighted by Crippen LogP contribution is -2.48. The molecule has 2 aromatic heterocycles. The Labute approximate surface area is 160 Å². The number of benzene rings is 1. The molecular formula is C21H15F2N5. The molecule has 1 aliphatic rings. The zero-order valence-corrected chi connectivity index (χ0v) is 14.9. The topological polar surface area (TPSA) is 74.0 Å². The molecule has 2 atom stereocenters. The highest BCUT2D eigenvalue weighted by molar-refractivity contribution is 6.01. The molecule has 1 N–H and O–H groups in total. The second-order valence-corrected chi connectivity index (χ2v) is 6.50. The lowest BCUT2D eigenvalue weighted by molar-refractivity contribution is 0.430. The summed E-state index contributed by atoms with van der Waals surface area (Å²) in [7, 11) is 0. The average Bonchev–Trinajstić information content (AvgIpc) is 3.07. The van der Waals surface area contributed by atoms with Crippen LogP contribution in [0.15, 0.2) is 65.9 Å². The molecule has 5 nitrogen and oxygen atoms in total. The van der Waals surface area contributed by atoms with Crippen molar-refractivity contribution >= 4 is 5.84 Å². The molecule has 0 fully saturated rings. The van der Waals surface area contributed by atoms with Crippen LogP contribution in [0.3, 0.4) is 0 Å². The molecule has 3 heterocycles. The highest BCUT2D eigenvalue weighted by Crippen LogP contribution is 2.38. The fraction of sp³-hybridized carbons (Fsp3) is 0.143. The van der Waals surface area contributed by atoms with E-state index >= 15 is 0 Å². The van der Waals surface area contributed by atoms with E-state index in [1.807, 2.05) is 13.0 Å². The Morgan fingerprint density at radius 2 is 1.79 bits per heavy atom. The number of amidine groups is 1. The molecular weight excluding hydrogens is 360 g/mol. The zero-order valence-electron chi connectivity index (χ0n) is 14.9. The van der Waals surface area contributed by atoms with Gasteiger partial charge in [-0.1, -0.05) is 18.2 Å². The third kappa shape index (κ3) is 2.89. The van der Waals surface area contributed by atoms with Crippen molar-refractivity contribution in [3.8, 4) is 6.07 Å². The highest BCUT2D eigenvalue weighted by Gasteiger charge is 2.45. The minimum Gasteiger partial charge on any atom is -0.354 e. The molecule has 1 unspecified atom stereocenters. The van der Waals surface area contributed by atoms with Crippen LogP contribution >= 0.6 is 0 Å². The van der Waals surface area contributed by atoms with Crippen LogP contribution in [-0.2, 0) is 5.54 Å². The van der Waals surface area contributed by atoms with E-state index in [1.54, 1.807) is 36.5 Å². The summed E-state index contributed by atoms with van der Waals surface area (Å²) in [6.45, 7) is 1.92. The van der Waals surface area contributed by atoms with Crippen LogP contribution in [0.1, 0.15) is 29.3 Å². The van der Waals surface area contributed by atoms with Gasteiger partial charge in [0.1, 0.15) is 29.0 Å². The van der Waals surface area contributed by atoms with E-state index in [0.29, 0.717) is 17.0 Å². The molecule has 0 bridgehead atoms. The quantitative estimate of drug-likeness (QED) is 0.713. The van der Waals surface area contributed by atoms with Crippen molar-refractivity contribution in [2.75, 3.05) is 0 Å². The van der Waals surface area contributed by atoms with E-state index in [9.17, 15) is 8.78 Å². The molecule has 3 aromatic rings. The number of nitriles is 1. The Hall–Kier alpha value is -3.66. The third-order valence-electron chi connectivity index (χ3n) is 4.90. The minimum atomic E-state index is -0.861. The molecule has 1 aromatic carbocycles. The number of hydrogen-bond acceptors (Lipinski definition) is 5. The van der Waals surface area contributed by atoms with E-state index < -0.39 is 11.5 Å². The summed E-state index contributed by atoms with van der Waals surface area (Å²) in [5.41, 5.74) is 1.58. The van der Waals surface area contributed by atoms with Gasteiger partial charge in [-0.15, -0.1) is 0 Å². The summed E-state index contributed by atoms with van der Waals surface area (Å²) >= 11 is 0. The van der Waals surface area contributed by atoms with Crippen molar-refractivity contribution in [2.45, 2.75) is 18.5 Å². The largest absolute Gasteiger partial charge is 0.354 e. The van der Waals surface area contributed by atoms with Crippen molar-refractivity contribution < 1.29 is 8.78 Å². The van der Waals surface area contributed by atoms with E-state index in [0.717, 1.165) is 5.56 Å². The number of hydrogen-bond donors (Lipinski definition) is 1. The number of aliphatic imine (C=N–C) groups is 1. The lowest BCUT2D eigenvalue weighted by atomic mass is 9.79. The van der Waals surface area contributed by atoms with Crippen LogP contribution in [0.25, 0.3) is 0 Å². The molecule has 1 aliphatic heterocycles. The maximum atomic E-state index is 13.5. The lowest BCUT2D eigenvalue weighted by Gasteiger charge is -2.34. The van der Waals surface area contributed by atoms with Gasteiger partial charge in [0.05, 0.1) is 6.04 Å². The molecule has 0 amide bonds. The van der Waals surface area contributed by atoms with E-state index in [-0.39, 0.29) is 17.6 Å². The van der Waals surface area contributed by atoms with Crippen LogP contribution in [-0.4, -0.2) is 21.8 Å². The van der Waals surface area contributed by atoms with Crippen molar-refractivity contribution in [1.29, 1.82) is 5.26 Å². The average molecular weight is 375 g/mol. The van der Waals surface area contributed by atoms with Gasteiger partial charge in [-0.25, -0.2) is 14.4 Å². The Bertz CT molecular complexity index is 1040. The van der Waals surface area contributed by atoms with Crippen molar-refractivity contribution in [2.24, 2.45) is 4.99 Å². The van der Waals surface area contributed by atoms with E-state index in [4.69, 9.17) is 10.3 Å².